The third-order valence-corrected chi connectivity index (χ3v) is 3.98. The summed E-state index contributed by atoms with van der Waals surface area (Å²) in [6.07, 6.45) is 2.20. The highest BCUT2D eigenvalue weighted by Crippen LogP contribution is 2.15. The van der Waals surface area contributed by atoms with Gasteiger partial charge in [0.05, 0.1) is 24.9 Å². The van der Waals surface area contributed by atoms with E-state index in [1.807, 2.05) is 5.38 Å². The molecule has 0 bridgehead atoms. The molecule has 1 unspecified atom stereocenters. The number of ether oxygens (including phenoxy) is 1. The lowest BCUT2D eigenvalue weighted by molar-refractivity contribution is -0.123. The molecule has 1 saturated heterocycles. The van der Waals surface area contributed by atoms with Crippen LogP contribution in [0.4, 0.5) is 0 Å². The summed E-state index contributed by atoms with van der Waals surface area (Å²) in [6, 6.07) is 1.75. The molecule has 0 spiro atoms. The Morgan fingerprint density at radius 1 is 1.61 bits per heavy atom. The van der Waals surface area contributed by atoms with Crippen LogP contribution in [-0.2, 0) is 16.1 Å². The van der Waals surface area contributed by atoms with Crippen LogP contribution in [-0.4, -0.2) is 28.5 Å². The van der Waals surface area contributed by atoms with Crippen LogP contribution in [0.3, 0.4) is 0 Å². The van der Waals surface area contributed by atoms with Crippen LogP contribution in [0.15, 0.2) is 22.6 Å². The SMILES string of the molecule is O=C(Cn1cnc2sccc2c1=O)C1CCOC1. The molecule has 5 nitrogen and oxygen atoms in total. The van der Waals surface area contributed by atoms with Gasteiger partial charge >= 0.3 is 0 Å². The first kappa shape index (κ1) is 11.6. The van der Waals surface area contributed by atoms with E-state index in [1.54, 1.807) is 6.07 Å². The van der Waals surface area contributed by atoms with Crippen LogP contribution in [0.2, 0.25) is 0 Å². The van der Waals surface area contributed by atoms with E-state index in [1.165, 1.54) is 22.2 Å². The quantitative estimate of drug-likeness (QED) is 0.831. The number of rotatable bonds is 3. The Morgan fingerprint density at radius 3 is 3.28 bits per heavy atom. The van der Waals surface area contributed by atoms with Gasteiger partial charge in [0.25, 0.3) is 5.56 Å². The smallest absolute Gasteiger partial charge is 0.262 e. The second-order valence-electron chi connectivity index (χ2n) is 4.34. The number of carbonyl (C=O) groups excluding carboxylic acids is 1. The highest BCUT2D eigenvalue weighted by Gasteiger charge is 2.23. The van der Waals surface area contributed by atoms with Crippen LogP contribution >= 0.6 is 11.3 Å². The lowest BCUT2D eigenvalue weighted by atomic mass is 10.0. The summed E-state index contributed by atoms with van der Waals surface area (Å²) in [4.78, 5) is 29.0. The molecule has 3 heterocycles. The molecule has 0 saturated carbocycles. The maximum atomic E-state index is 12.1. The summed E-state index contributed by atoms with van der Waals surface area (Å²) in [5.41, 5.74) is -0.145. The number of Topliss-reactive ketones (excluding diaryl/α,β-unsaturated/α-hetero) is 1. The molecule has 0 aromatic carbocycles. The average Bonchev–Trinajstić information content (AvgIpc) is 3.02. The largest absolute Gasteiger partial charge is 0.381 e. The highest BCUT2D eigenvalue weighted by molar-refractivity contribution is 7.16. The zero-order valence-electron chi connectivity index (χ0n) is 9.67. The Kier molecular flexibility index (Phi) is 2.97. The van der Waals surface area contributed by atoms with Gasteiger partial charge in [0, 0.05) is 12.5 Å². The minimum atomic E-state index is -0.145. The van der Waals surface area contributed by atoms with E-state index in [4.69, 9.17) is 4.74 Å². The minimum Gasteiger partial charge on any atom is -0.381 e. The van der Waals surface area contributed by atoms with Gasteiger partial charge in [-0.15, -0.1) is 11.3 Å². The average molecular weight is 264 g/mol. The highest BCUT2D eigenvalue weighted by atomic mass is 32.1. The van der Waals surface area contributed by atoms with Crippen molar-refractivity contribution in [1.82, 2.24) is 9.55 Å². The Labute approximate surface area is 107 Å². The van der Waals surface area contributed by atoms with Crippen LogP contribution in [0.5, 0.6) is 0 Å². The third kappa shape index (κ3) is 1.97. The molecule has 1 aliphatic heterocycles. The molecule has 94 valence electrons. The van der Waals surface area contributed by atoms with Crippen molar-refractivity contribution in [3.8, 4) is 0 Å². The topological polar surface area (TPSA) is 61.2 Å². The van der Waals surface area contributed by atoms with Crippen LogP contribution in [0, 0.1) is 5.92 Å². The summed E-state index contributed by atoms with van der Waals surface area (Å²) in [7, 11) is 0. The monoisotopic (exact) mass is 264 g/mol. The van der Waals surface area contributed by atoms with Crippen LogP contribution < -0.4 is 5.56 Å². The molecule has 2 aromatic heterocycles. The maximum Gasteiger partial charge on any atom is 0.262 e. The fraction of sp³-hybridized carbons (Fsp3) is 0.417. The lowest BCUT2D eigenvalue weighted by Crippen LogP contribution is -2.28. The Bertz CT molecular complexity index is 640. The molecule has 1 atom stereocenters. The first-order valence-corrected chi connectivity index (χ1v) is 6.67. The van der Waals surface area contributed by atoms with Gasteiger partial charge in [-0.2, -0.15) is 0 Å². The van der Waals surface area contributed by atoms with Crippen molar-refractivity contribution in [2.45, 2.75) is 13.0 Å². The molecule has 0 amide bonds. The van der Waals surface area contributed by atoms with Gasteiger partial charge in [-0.05, 0) is 17.9 Å². The fourth-order valence-electron chi connectivity index (χ4n) is 2.09. The number of fused-ring (bicyclic) bond motifs is 1. The number of ketones is 1. The van der Waals surface area contributed by atoms with E-state index < -0.39 is 0 Å². The zero-order chi connectivity index (χ0) is 12.5. The predicted octanol–water partition coefficient (Wildman–Crippen LogP) is 1.06. The lowest BCUT2D eigenvalue weighted by Gasteiger charge is -2.08. The zero-order valence-corrected chi connectivity index (χ0v) is 10.5. The molecule has 2 aromatic rings. The predicted molar refractivity (Wildman–Crippen MR) is 67.8 cm³/mol. The Hall–Kier alpha value is -1.53. The van der Waals surface area contributed by atoms with Crippen LogP contribution in [0.25, 0.3) is 10.2 Å². The molecule has 3 rings (SSSR count). The summed E-state index contributed by atoms with van der Waals surface area (Å²) < 4.78 is 6.57. The van der Waals surface area contributed by atoms with E-state index in [0.29, 0.717) is 23.4 Å². The van der Waals surface area contributed by atoms with Gasteiger partial charge in [0.1, 0.15) is 4.83 Å². The van der Waals surface area contributed by atoms with Gasteiger partial charge in [0.2, 0.25) is 0 Å². The van der Waals surface area contributed by atoms with Crippen LogP contribution in [0.1, 0.15) is 6.42 Å². The van der Waals surface area contributed by atoms with Crippen molar-refractivity contribution in [1.29, 1.82) is 0 Å². The summed E-state index contributed by atoms with van der Waals surface area (Å²) in [5.74, 6) is -0.0268. The normalized spacial score (nSPS) is 19.4. The van der Waals surface area contributed by atoms with E-state index in [2.05, 4.69) is 4.98 Å². The van der Waals surface area contributed by atoms with Crippen molar-refractivity contribution in [2.24, 2.45) is 5.92 Å². The number of hydrogen-bond acceptors (Lipinski definition) is 5. The summed E-state index contributed by atoms with van der Waals surface area (Å²) in [6.45, 7) is 1.19. The number of thiophene rings is 1. The standard InChI is InChI=1S/C12H12N2O3S/c15-10(8-1-3-17-6-8)5-14-7-13-11-9(12(14)16)2-4-18-11/h2,4,7-8H,1,3,5-6H2. The maximum absolute atomic E-state index is 12.1. The molecule has 1 fully saturated rings. The Morgan fingerprint density at radius 2 is 2.50 bits per heavy atom. The molecule has 6 heteroatoms. The van der Waals surface area contributed by atoms with E-state index in [0.717, 1.165) is 6.42 Å². The first-order valence-electron chi connectivity index (χ1n) is 5.79. The number of nitrogens with zero attached hydrogens (tertiary/aromatic N) is 2. The van der Waals surface area contributed by atoms with Crippen molar-refractivity contribution in [2.75, 3.05) is 13.2 Å². The Balaban J connectivity index is 1.88. The molecular weight excluding hydrogens is 252 g/mol. The molecule has 0 radical (unpaired) electrons. The second-order valence-corrected chi connectivity index (χ2v) is 5.24. The van der Waals surface area contributed by atoms with Crippen molar-refractivity contribution in [3.05, 3.63) is 28.1 Å². The first-order chi connectivity index (χ1) is 8.75. The third-order valence-electron chi connectivity index (χ3n) is 3.16. The fourth-order valence-corrected chi connectivity index (χ4v) is 2.81. The number of hydrogen-bond donors (Lipinski definition) is 0. The molecular formula is C12H12N2O3S. The van der Waals surface area contributed by atoms with Crippen molar-refractivity contribution < 1.29 is 9.53 Å². The molecule has 18 heavy (non-hydrogen) atoms. The van der Waals surface area contributed by atoms with Gasteiger partial charge < -0.3 is 4.74 Å². The summed E-state index contributed by atoms with van der Waals surface area (Å²) in [5, 5.41) is 2.41. The van der Waals surface area contributed by atoms with E-state index in [9.17, 15) is 9.59 Å². The van der Waals surface area contributed by atoms with Gasteiger partial charge in [-0.1, -0.05) is 0 Å². The molecule has 0 N–H and O–H groups in total. The molecule has 1 aliphatic rings. The van der Waals surface area contributed by atoms with Gasteiger partial charge in [-0.3, -0.25) is 14.2 Å². The van der Waals surface area contributed by atoms with E-state index in [-0.39, 0.29) is 23.8 Å². The second kappa shape index (κ2) is 4.62. The van der Waals surface area contributed by atoms with Gasteiger partial charge in [0.15, 0.2) is 5.78 Å². The molecule has 0 aliphatic carbocycles. The number of aromatic nitrogens is 2. The van der Waals surface area contributed by atoms with Crippen molar-refractivity contribution in [3.63, 3.8) is 0 Å². The van der Waals surface area contributed by atoms with Crippen molar-refractivity contribution >= 4 is 27.3 Å². The summed E-state index contributed by atoms with van der Waals surface area (Å²) >= 11 is 1.43. The van der Waals surface area contributed by atoms with Gasteiger partial charge in [-0.25, -0.2) is 4.98 Å². The number of carbonyl (C=O) groups is 1. The van der Waals surface area contributed by atoms with E-state index >= 15 is 0 Å². The minimum absolute atomic E-state index is 0.0472.